The summed E-state index contributed by atoms with van der Waals surface area (Å²) in [6.45, 7) is 19.5. The van der Waals surface area contributed by atoms with Gasteiger partial charge in [0.2, 0.25) is 5.91 Å². The van der Waals surface area contributed by atoms with Crippen LogP contribution in [0.5, 0.6) is 0 Å². The Balaban J connectivity index is -0.000000259. The van der Waals surface area contributed by atoms with Crippen LogP contribution >= 0.6 is 21.6 Å². The monoisotopic (exact) mass is 390 g/mol. The molecule has 1 aromatic heterocycles. The van der Waals surface area contributed by atoms with Crippen molar-refractivity contribution < 1.29 is 4.79 Å². The average molecular weight is 391 g/mol. The minimum Gasteiger partial charge on any atom is -0.359 e. The highest BCUT2D eigenvalue weighted by atomic mass is 33.1. The first-order valence-corrected chi connectivity index (χ1v) is 14.6. The number of nitrogens with one attached hydrogen (secondary N) is 1. The van der Waals surface area contributed by atoms with Crippen molar-refractivity contribution in [3.8, 4) is 0 Å². The first kappa shape index (κ1) is 28.3. The van der Waals surface area contributed by atoms with E-state index in [1.807, 2.05) is 24.5 Å². The van der Waals surface area contributed by atoms with Crippen LogP contribution in [0.3, 0.4) is 0 Å². The minimum atomic E-state index is -0.611. The Morgan fingerprint density at radius 3 is 1.71 bits per heavy atom. The summed E-state index contributed by atoms with van der Waals surface area (Å²) in [7, 11) is 4.38. The molecule has 1 amide bonds. The Bertz CT molecular complexity index is 378. The second kappa shape index (κ2) is 16.0. The molecule has 0 aliphatic carbocycles. The number of nitrogens with zero attached hydrogens (tertiary/aromatic N) is 1. The molecule has 0 aliphatic rings. The summed E-state index contributed by atoms with van der Waals surface area (Å²) in [5.74, 6) is 0.00463. The lowest BCUT2D eigenvalue weighted by Crippen LogP contribution is -2.11. The van der Waals surface area contributed by atoms with Crippen LogP contribution in [0.25, 0.3) is 0 Å². The van der Waals surface area contributed by atoms with Crippen LogP contribution in [0.4, 0.5) is 0 Å². The summed E-state index contributed by atoms with van der Waals surface area (Å²) < 4.78 is 0. The van der Waals surface area contributed by atoms with Crippen molar-refractivity contribution in [2.75, 3.05) is 13.3 Å². The van der Waals surface area contributed by atoms with E-state index in [9.17, 15) is 4.79 Å². The maximum absolute atomic E-state index is 9.70. The molecule has 1 heterocycles. The van der Waals surface area contributed by atoms with Gasteiger partial charge in [0.15, 0.2) is 0 Å². The zero-order valence-electron chi connectivity index (χ0n) is 17.5. The highest BCUT2D eigenvalue weighted by Crippen LogP contribution is 2.25. The molecule has 0 fully saturated rings. The Hall–Kier alpha value is -0.463. The van der Waals surface area contributed by atoms with Gasteiger partial charge in [-0.1, -0.05) is 70.7 Å². The fraction of sp³-hybridized carbons (Fsp3) is 0.667. The van der Waals surface area contributed by atoms with Crippen molar-refractivity contribution in [3.05, 3.63) is 24.4 Å². The van der Waals surface area contributed by atoms with Crippen molar-refractivity contribution in [3.63, 3.8) is 0 Å². The molecule has 0 aliphatic heterocycles. The molecule has 0 saturated carbocycles. The quantitative estimate of drug-likeness (QED) is 0.481. The van der Waals surface area contributed by atoms with Crippen LogP contribution in [0.2, 0.25) is 26.2 Å². The molecule has 142 valence electrons. The molecule has 1 rings (SSSR count). The second-order valence-corrected chi connectivity index (χ2v) is 16.6. The van der Waals surface area contributed by atoms with E-state index in [1.54, 1.807) is 34.8 Å². The summed E-state index contributed by atoms with van der Waals surface area (Å²) in [6.07, 6.45) is 3.85. The number of pyridine rings is 1. The van der Waals surface area contributed by atoms with Crippen LogP contribution in [-0.2, 0) is 4.79 Å². The van der Waals surface area contributed by atoms with Gasteiger partial charge in [-0.15, -0.1) is 0 Å². The lowest BCUT2D eigenvalue weighted by molar-refractivity contribution is -0.118. The minimum absolute atomic E-state index is 0.00463. The maximum Gasteiger partial charge on any atom is 0.216 e. The number of amides is 1. The highest BCUT2D eigenvalue weighted by molar-refractivity contribution is 8.76. The molecule has 0 bridgehead atoms. The summed E-state index contributed by atoms with van der Waals surface area (Å²) in [4.78, 5) is 13.8. The van der Waals surface area contributed by atoms with Gasteiger partial charge in [-0.3, -0.25) is 4.79 Å². The number of carbonyl (C=O) groups is 1. The molecule has 0 saturated heterocycles. The van der Waals surface area contributed by atoms with Gasteiger partial charge in [-0.2, -0.15) is 0 Å². The summed E-state index contributed by atoms with van der Waals surface area (Å²) in [5, 5.41) is 3.46. The van der Waals surface area contributed by atoms with Crippen molar-refractivity contribution in [1.29, 1.82) is 0 Å². The van der Waals surface area contributed by atoms with E-state index < -0.39 is 8.07 Å². The predicted molar refractivity (Wildman–Crippen MR) is 118 cm³/mol. The second-order valence-electron chi connectivity index (χ2n) is 8.22. The number of carbonyl (C=O) groups excluding carboxylic acids is 1. The molecule has 0 atom stereocenters. The lowest BCUT2D eigenvalue weighted by atomic mass is 10.0. The van der Waals surface area contributed by atoms with E-state index in [-0.39, 0.29) is 5.91 Å². The molecule has 24 heavy (non-hydrogen) atoms. The largest absolute Gasteiger partial charge is 0.359 e. The summed E-state index contributed by atoms with van der Waals surface area (Å²) in [5.41, 5.74) is 0.500. The molecule has 1 N–H and O–H groups in total. The topological polar surface area (TPSA) is 42.0 Å². The Kier molecular flexibility index (Phi) is 18.9. The zero-order valence-corrected chi connectivity index (χ0v) is 20.1. The number of aromatic nitrogens is 1. The van der Waals surface area contributed by atoms with Crippen LogP contribution < -0.4 is 5.32 Å². The lowest BCUT2D eigenvalue weighted by Gasteiger charge is -2.05. The van der Waals surface area contributed by atoms with Gasteiger partial charge < -0.3 is 5.32 Å². The Morgan fingerprint density at radius 2 is 1.50 bits per heavy atom. The van der Waals surface area contributed by atoms with Crippen LogP contribution in [0, 0.1) is 5.41 Å². The van der Waals surface area contributed by atoms with Crippen molar-refractivity contribution in [1.82, 2.24) is 10.3 Å². The Labute approximate surface area is 159 Å². The number of rotatable bonds is 2. The van der Waals surface area contributed by atoms with E-state index in [0.717, 1.165) is 5.03 Å². The smallest absolute Gasteiger partial charge is 0.216 e. The molecule has 0 unspecified atom stereocenters. The van der Waals surface area contributed by atoms with Gasteiger partial charge in [-0.05, 0) is 34.6 Å². The summed E-state index contributed by atoms with van der Waals surface area (Å²) in [6, 6.07) is 5.91. The molecule has 0 aromatic carbocycles. The third-order valence-corrected chi connectivity index (χ3v) is 2.75. The average Bonchev–Trinajstić information content (AvgIpc) is 2.37. The predicted octanol–water partition coefficient (Wildman–Crippen LogP) is 6.21. The van der Waals surface area contributed by atoms with Crippen molar-refractivity contribution in [2.45, 2.75) is 65.8 Å². The maximum atomic E-state index is 9.70. The third-order valence-electron chi connectivity index (χ3n) is 1.16. The van der Waals surface area contributed by atoms with Crippen molar-refractivity contribution in [2.24, 2.45) is 5.41 Å². The van der Waals surface area contributed by atoms with Gasteiger partial charge in [-0.25, -0.2) is 4.98 Å². The number of hydrogen-bond donors (Lipinski definition) is 1. The van der Waals surface area contributed by atoms with Gasteiger partial charge in [0, 0.05) is 28.2 Å². The normalized spacial score (nSPS) is 9.96. The highest BCUT2D eigenvalue weighted by Gasteiger charge is 1.99. The summed E-state index contributed by atoms with van der Waals surface area (Å²) >= 11 is 0. The van der Waals surface area contributed by atoms with Crippen LogP contribution in [0.1, 0.15) is 34.6 Å². The standard InChI is InChI=1S/C6H7NS2.C5H12.C4H12Si.C3H7NO/c1-8-9-6-4-2-3-5-7-6;2*1-5(2,3)4;1-3(5)4-2/h2-5H,1H3;2*1-4H3;1-2H3,(H,4,5). The molecule has 0 spiro atoms. The fourth-order valence-corrected chi connectivity index (χ4v) is 1.70. The van der Waals surface area contributed by atoms with E-state index in [1.165, 1.54) is 6.92 Å². The van der Waals surface area contributed by atoms with Gasteiger partial charge in [0.1, 0.15) is 5.03 Å². The molecular weight excluding hydrogens is 352 g/mol. The van der Waals surface area contributed by atoms with Gasteiger partial charge in [0.05, 0.1) is 0 Å². The molecule has 1 aromatic rings. The molecule has 6 heteroatoms. The van der Waals surface area contributed by atoms with E-state index in [2.05, 4.69) is 64.2 Å². The van der Waals surface area contributed by atoms with Gasteiger partial charge in [0.25, 0.3) is 0 Å². The van der Waals surface area contributed by atoms with E-state index >= 15 is 0 Å². The van der Waals surface area contributed by atoms with Gasteiger partial charge >= 0.3 is 0 Å². The fourth-order valence-electron chi connectivity index (χ4n) is 0.482. The number of hydrogen-bond acceptors (Lipinski definition) is 4. The van der Waals surface area contributed by atoms with Crippen LogP contribution in [0.15, 0.2) is 29.4 Å². The molecule has 3 nitrogen and oxygen atoms in total. The zero-order chi connectivity index (χ0) is 19.8. The van der Waals surface area contributed by atoms with Crippen LogP contribution in [-0.4, -0.2) is 32.3 Å². The Morgan fingerprint density at radius 1 is 1.12 bits per heavy atom. The first-order chi connectivity index (χ1) is 10.7. The third kappa shape index (κ3) is 57.8. The molecular formula is C18H38N2OS2Si. The van der Waals surface area contributed by atoms with E-state index in [4.69, 9.17) is 0 Å². The van der Waals surface area contributed by atoms with Crippen molar-refractivity contribution >= 4 is 35.6 Å². The first-order valence-electron chi connectivity index (χ1n) is 8.00. The molecule has 0 radical (unpaired) electrons. The SMILES string of the molecule is CC(C)(C)C.CNC(C)=O.CSSc1ccccn1.C[Si](C)(C)C. The van der Waals surface area contributed by atoms with E-state index in [0.29, 0.717) is 5.41 Å².